The monoisotopic (exact) mass is 218 g/mol. The second kappa shape index (κ2) is 4.06. The van der Waals surface area contributed by atoms with Gasteiger partial charge in [0, 0.05) is 11.6 Å². The minimum Gasteiger partial charge on any atom is -0.496 e. The van der Waals surface area contributed by atoms with E-state index in [4.69, 9.17) is 4.74 Å². The number of aromatic amines is 2. The zero-order valence-corrected chi connectivity index (χ0v) is 8.61. The molecule has 0 fully saturated rings. The number of hydrogen-bond acceptors (Lipinski definition) is 3. The highest BCUT2D eigenvalue weighted by Gasteiger charge is 2.08. The Morgan fingerprint density at radius 2 is 1.81 bits per heavy atom. The molecule has 0 amide bonds. The van der Waals surface area contributed by atoms with Gasteiger partial charge in [-0.3, -0.25) is 19.8 Å². The SMILES string of the molecule is COc1ccccc1-c1cc(=O)[nH][nH]c1=O. The van der Waals surface area contributed by atoms with Crippen LogP contribution in [0.2, 0.25) is 0 Å². The van der Waals surface area contributed by atoms with Crippen molar-refractivity contribution in [3.63, 3.8) is 0 Å². The van der Waals surface area contributed by atoms with Gasteiger partial charge in [0.1, 0.15) is 5.75 Å². The summed E-state index contributed by atoms with van der Waals surface area (Å²) in [6.45, 7) is 0. The molecule has 2 N–H and O–H groups in total. The zero-order chi connectivity index (χ0) is 11.5. The van der Waals surface area contributed by atoms with Gasteiger partial charge in [-0.1, -0.05) is 18.2 Å². The van der Waals surface area contributed by atoms with Crippen LogP contribution in [0.4, 0.5) is 0 Å². The average Bonchev–Trinajstić information content (AvgIpc) is 2.32. The van der Waals surface area contributed by atoms with E-state index in [-0.39, 0.29) is 11.1 Å². The summed E-state index contributed by atoms with van der Waals surface area (Å²) >= 11 is 0. The first-order chi connectivity index (χ1) is 7.72. The van der Waals surface area contributed by atoms with E-state index in [1.165, 1.54) is 13.2 Å². The van der Waals surface area contributed by atoms with Crippen LogP contribution in [0.15, 0.2) is 39.9 Å². The molecule has 16 heavy (non-hydrogen) atoms. The van der Waals surface area contributed by atoms with Crippen LogP contribution in [-0.4, -0.2) is 17.3 Å². The van der Waals surface area contributed by atoms with Crippen molar-refractivity contribution in [2.75, 3.05) is 7.11 Å². The lowest BCUT2D eigenvalue weighted by Crippen LogP contribution is -2.19. The van der Waals surface area contributed by atoms with Crippen molar-refractivity contribution in [2.24, 2.45) is 0 Å². The molecule has 1 aromatic carbocycles. The average molecular weight is 218 g/mol. The minimum absolute atomic E-state index is 0.293. The van der Waals surface area contributed by atoms with E-state index < -0.39 is 0 Å². The molecular formula is C11H10N2O3. The van der Waals surface area contributed by atoms with Crippen LogP contribution in [0.25, 0.3) is 11.1 Å². The number of aromatic nitrogens is 2. The van der Waals surface area contributed by atoms with Crippen molar-refractivity contribution >= 4 is 0 Å². The Kier molecular flexibility index (Phi) is 2.59. The van der Waals surface area contributed by atoms with Gasteiger partial charge in [0.05, 0.1) is 12.7 Å². The van der Waals surface area contributed by atoms with Gasteiger partial charge in [-0.05, 0) is 6.07 Å². The molecule has 1 heterocycles. The van der Waals surface area contributed by atoms with E-state index in [2.05, 4.69) is 10.2 Å². The normalized spacial score (nSPS) is 10.1. The molecule has 0 spiro atoms. The fraction of sp³-hybridized carbons (Fsp3) is 0.0909. The quantitative estimate of drug-likeness (QED) is 0.780. The maximum atomic E-state index is 11.6. The smallest absolute Gasteiger partial charge is 0.270 e. The Morgan fingerprint density at radius 3 is 2.56 bits per heavy atom. The van der Waals surface area contributed by atoms with Gasteiger partial charge in [-0.2, -0.15) is 0 Å². The number of H-pyrrole nitrogens is 2. The van der Waals surface area contributed by atoms with Crippen LogP contribution >= 0.6 is 0 Å². The Bertz CT molecular complexity index is 613. The summed E-state index contributed by atoms with van der Waals surface area (Å²) in [6.07, 6.45) is 0. The maximum Gasteiger partial charge on any atom is 0.270 e. The van der Waals surface area contributed by atoms with Crippen molar-refractivity contribution in [1.82, 2.24) is 10.2 Å². The molecular weight excluding hydrogens is 208 g/mol. The second-order valence-corrected chi connectivity index (χ2v) is 3.20. The fourth-order valence-corrected chi connectivity index (χ4v) is 1.49. The molecule has 2 aromatic rings. The third-order valence-corrected chi connectivity index (χ3v) is 2.22. The van der Waals surface area contributed by atoms with Crippen LogP contribution < -0.4 is 15.9 Å². The molecule has 0 aliphatic rings. The summed E-state index contributed by atoms with van der Waals surface area (Å²) in [4.78, 5) is 22.7. The molecule has 5 heteroatoms. The molecule has 82 valence electrons. The van der Waals surface area contributed by atoms with Gasteiger partial charge < -0.3 is 4.74 Å². The van der Waals surface area contributed by atoms with Gasteiger partial charge in [0.2, 0.25) is 0 Å². The summed E-state index contributed by atoms with van der Waals surface area (Å²) in [5.74, 6) is 0.554. The first kappa shape index (κ1) is 10.2. The van der Waals surface area contributed by atoms with Crippen LogP contribution in [0.1, 0.15) is 0 Å². The summed E-state index contributed by atoms with van der Waals surface area (Å²) in [7, 11) is 1.51. The molecule has 0 saturated carbocycles. The molecule has 2 rings (SSSR count). The Balaban J connectivity index is 2.72. The summed E-state index contributed by atoms with van der Waals surface area (Å²) in [6, 6.07) is 8.28. The lowest BCUT2D eigenvalue weighted by atomic mass is 10.1. The van der Waals surface area contributed by atoms with Gasteiger partial charge in [-0.25, -0.2) is 0 Å². The second-order valence-electron chi connectivity index (χ2n) is 3.20. The largest absolute Gasteiger partial charge is 0.496 e. The molecule has 0 aliphatic carbocycles. The highest BCUT2D eigenvalue weighted by atomic mass is 16.5. The van der Waals surface area contributed by atoms with E-state index in [0.717, 1.165) is 0 Å². The van der Waals surface area contributed by atoms with Gasteiger partial charge in [0.25, 0.3) is 11.1 Å². The van der Waals surface area contributed by atoms with E-state index in [0.29, 0.717) is 16.9 Å². The highest BCUT2D eigenvalue weighted by Crippen LogP contribution is 2.25. The molecule has 5 nitrogen and oxygen atoms in total. The summed E-state index contributed by atoms with van der Waals surface area (Å²) < 4.78 is 5.13. The Morgan fingerprint density at radius 1 is 1.06 bits per heavy atom. The number of methoxy groups -OCH3 is 1. The van der Waals surface area contributed by atoms with Crippen molar-refractivity contribution in [3.05, 3.63) is 51.0 Å². The van der Waals surface area contributed by atoms with E-state index in [1.54, 1.807) is 24.3 Å². The number of rotatable bonds is 2. The molecule has 0 aliphatic heterocycles. The number of ether oxygens (including phenoxy) is 1. The van der Waals surface area contributed by atoms with Gasteiger partial charge in [0.15, 0.2) is 0 Å². The summed E-state index contributed by atoms with van der Waals surface area (Å²) in [5.41, 5.74) is 0.170. The molecule has 0 radical (unpaired) electrons. The number of para-hydroxylation sites is 1. The first-order valence-corrected chi connectivity index (χ1v) is 4.68. The van der Waals surface area contributed by atoms with Crippen molar-refractivity contribution < 1.29 is 4.74 Å². The van der Waals surface area contributed by atoms with Gasteiger partial charge in [-0.15, -0.1) is 0 Å². The van der Waals surface area contributed by atoms with Crippen LogP contribution in [0, 0.1) is 0 Å². The number of hydrogen-bond donors (Lipinski definition) is 2. The maximum absolute atomic E-state index is 11.6. The topological polar surface area (TPSA) is 75.0 Å². The third kappa shape index (κ3) is 1.75. The molecule has 0 atom stereocenters. The fourth-order valence-electron chi connectivity index (χ4n) is 1.49. The Hall–Kier alpha value is -2.30. The van der Waals surface area contributed by atoms with E-state index in [1.807, 2.05) is 0 Å². The molecule has 0 unspecified atom stereocenters. The van der Waals surface area contributed by atoms with Crippen molar-refractivity contribution in [3.8, 4) is 16.9 Å². The molecule has 0 saturated heterocycles. The van der Waals surface area contributed by atoms with Crippen LogP contribution in [0.5, 0.6) is 5.75 Å². The van der Waals surface area contributed by atoms with Gasteiger partial charge >= 0.3 is 0 Å². The number of nitrogens with one attached hydrogen (secondary N) is 2. The van der Waals surface area contributed by atoms with Crippen molar-refractivity contribution in [2.45, 2.75) is 0 Å². The number of benzene rings is 1. The summed E-state index contributed by atoms with van der Waals surface area (Å²) in [5, 5.41) is 4.48. The van der Waals surface area contributed by atoms with Crippen LogP contribution in [-0.2, 0) is 0 Å². The zero-order valence-electron chi connectivity index (χ0n) is 8.61. The van der Waals surface area contributed by atoms with E-state index in [9.17, 15) is 9.59 Å². The van der Waals surface area contributed by atoms with Crippen LogP contribution in [0.3, 0.4) is 0 Å². The minimum atomic E-state index is -0.361. The predicted molar refractivity (Wildman–Crippen MR) is 59.7 cm³/mol. The third-order valence-electron chi connectivity index (χ3n) is 2.22. The van der Waals surface area contributed by atoms with Crippen molar-refractivity contribution in [1.29, 1.82) is 0 Å². The predicted octanol–water partition coefficient (Wildman–Crippen LogP) is 0.739. The lowest BCUT2D eigenvalue weighted by Gasteiger charge is -2.06. The lowest BCUT2D eigenvalue weighted by molar-refractivity contribution is 0.416. The Labute approximate surface area is 90.7 Å². The first-order valence-electron chi connectivity index (χ1n) is 4.68. The molecule has 0 bridgehead atoms. The molecule has 1 aromatic heterocycles. The highest BCUT2D eigenvalue weighted by molar-refractivity contribution is 5.69. The van der Waals surface area contributed by atoms with E-state index >= 15 is 0 Å². The standard InChI is InChI=1S/C11H10N2O3/c1-16-9-5-3-2-4-7(9)8-6-10(14)12-13-11(8)15/h2-6H,1H3,(H,12,14)(H,13,15).